The first-order valence-electron chi connectivity index (χ1n) is 7.07. The summed E-state index contributed by atoms with van der Waals surface area (Å²) in [4.78, 5) is 12.6. The van der Waals surface area contributed by atoms with E-state index in [0.717, 1.165) is 31.5 Å². The van der Waals surface area contributed by atoms with Crippen LogP contribution in [0, 0.1) is 10.1 Å². The van der Waals surface area contributed by atoms with Gasteiger partial charge in [-0.15, -0.1) is 0 Å². The molecule has 7 heteroatoms. The predicted octanol–water partition coefficient (Wildman–Crippen LogP) is 1.15. The van der Waals surface area contributed by atoms with Crippen molar-refractivity contribution in [2.75, 3.05) is 32.0 Å². The number of piperidine rings is 1. The number of non-ortho nitro benzene ring substituents is 1. The van der Waals surface area contributed by atoms with E-state index in [1.807, 2.05) is 0 Å². The molecule has 0 atom stereocenters. The lowest BCUT2D eigenvalue weighted by atomic mass is 10.1. The van der Waals surface area contributed by atoms with E-state index in [1.54, 1.807) is 12.1 Å². The van der Waals surface area contributed by atoms with Crippen molar-refractivity contribution >= 4 is 11.4 Å². The SMILES string of the molecule is Nc1ccc([N+](=O)[O-])cc1CN1CCC(OCCO)CC1. The first kappa shape index (κ1) is 15.7. The molecule has 0 radical (unpaired) electrons. The molecular formula is C14H21N3O4. The van der Waals surface area contributed by atoms with Gasteiger partial charge in [0.2, 0.25) is 0 Å². The molecule has 0 saturated carbocycles. The summed E-state index contributed by atoms with van der Waals surface area (Å²) >= 11 is 0. The van der Waals surface area contributed by atoms with E-state index < -0.39 is 4.92 Å². The Labute approximate surface area is 123 Å². The van der Waals surface area contributed by atoms with Gasteiger partial charge >= 0.3 is 0 Å². The number of nitro groups is 1. The number of aliphatic hydroxyl groups excluding tert-OH is 1. The summed E-state index contributed by atoms with van der Waals surface area (Å²) in [5.74, 6) is 0. The van der Waals surface area contributed by atoms with E-state index in [-0.39, 0.29) is 18.4 Å². The number of nitrogen functional groups attached to an aromatic ring is 1. The fraction of sp³-hybridized carbons (Fsp3) is 0.571. The van der Waals surface area contributed by atoms with Crippen LogP contribution in [0.4, 0.5) is 11.4 Å². The number of anilines is 1. The monoisotopic (exact) mass is 295 g/mol. The Balaban J connectivity index is 1.91. The number of ether oxygens (including phenoxy) is 1. The van der Waals surface area contributed by atoms with Crippen molar-refractivity contribution in [3.8, 4) is 0 Å². The molecule has 0 amide bonds. The summed E-state index contributed by atoms with van der Waals surface area (Å²) in [6, 6.07) is 4.56. The fourth-order valence-electron chi connectivity index (χ4n) is 2.54. The van der Waals surface area contributed by atoms with Crippen molar-refractivity contribution < 1.29 is 14.8 Å². The summed E-state index contributed by atoms with van der Waals surface area (Å²) in [5.41, 5.74) is 7.34. The number of nitro benzene ring substituents is 1. The van der Waals surface area contributed by atoms with E-state index >= 15 is 0 Å². The molecule has 1 saturated heterocycles. The molecule has 1 aromatic rings. The molecule has 2 rings (SSSR count). The second-order valence-corrected chi connectivity index (χ2v) is 5.21. The molecule has 21 heavy (non-hydrogen) atoms. The summed E-state index contributed by atoms with van der Waals surface area (Å²) < 4.78 is 5.51. The van der Waals surface area contributed by atoms with E-state index in [4.69, 9.17) is 15.6 Å². The Morgan fingerprint density at radius 1 is 1.43 bits per heavy atom. The van der Waals surface area contributed by atoms with Crippen LogP contribution in [0.25, 0.3) is 0 Å². The highest BCUT2D eigenvalue weighted by molar-refractivity contribution is 5.52. The molecule has 0 spiro atoms. The molecule has 1 aromatic carbocycles. The third kappa shape index (κ3) is 4.38. The number of nitrogens with zero attached hydrogens (tertiary/aromatic N) is 2. The number of nitrogens with two attached hydrogens (primary N) is 1. The number of rotatable bonds is 6. The second kappa shape index (κ2) is 7.35. The summed E-state index contributed by atoms with van der Waals surface area (Å²) in [5, 5.41) is 19.6. The van der Waals surface area contributed by atoms with Crippen LogP contribution >= 0.6 is 0 Å². The van der Waals surface area contributed by atoms with Crippen LogP contribution in [0.5, 0.6) is 0 Å². The molecule has 1 heterocycles. The van der Waals surface area contributed by atoms with Gasteiger partial charge in [0.1, 0.15) is 0 Å². The number of hydrogen-bond acceptors (Lipinski definition) is 6. The molecule has 0 aliphatic carbocycles. The molecular weight excluding hydrogens is 274 g/mol. The molecule has 116 valence electrons. The summed E-state index contributed by atoms with van der Waals surface area (Å²) in [6.45, 7) is 2.75. The summed E-state index contributed by atoms with van der Waals surface area (Å²) in [6.07, 6.45) is 1.99. The molecule has 1 fully saturated rings. The average molecular weight is 295 g/mol. The molecule has 1 aliphatic rings. The standard InChI is InChI=1S/C14H21N3O4/c15-14-2-1-12(17(19)20)9-11(14)10-16-5-3-13(4-6-16)21-8-7-18/h1-2,9,13,18H,3-8,10,15H2. The fourth-order valence-corrected chi connectivity index (χ4v) is 2.54. The maximum absolute atomic E-state index is 10.8. The van der Waals surface area contributed by atoms with Crippen LogP contribution in [-0.4, -0.2) is 47.3 Å². The Kier molecular flexibility index (Phi) is 5.49. The van der Waals surface area contributed by atoms with Gasteiger partial charge in [0.05, 0.1) is 24.2 Å². The highest BCUT2D eigenvalue weighted by atomic mass is 16.6. The maximum Gasteiger partial charge on any atom is 0.269 e. The topological polar surface area (TPSA) is 102 Å². The quantitative estimate of drug-likeness (QED) is 0.464. The molecule has 0 aromatic heterocycles. The molecule has 7 nitrogen and oxygen atoms in total. The van der Waals surface area contributed by atoms with Gasteiger partial charge in [-0.2, -0.15) is 0 Å². The number of benzene rings is 1. The van der Waals surface area contributed by atoms with Crippen molar-refractivity contribution in [3.63, 3.8) is 0 Å². The maximum atomic E-state index is 10.8. The minimum absolute atomic E-state index is 0.0461. The van der Waals surface area contributed by atoms with Crippen molar-refractivity contribution in [2.24, 2.45) is 0 Å². The van der Waals surface area contributed by atoms with Gasteiger partial charge in [0.25, 0.3) is 5.69 Å². The Bertz CT molecular complexity index is 487. The average Bonchev–Trinajstić information content (AvgIpc) is 2.48. The zero-order valence-electron chi connectivity index (χ0n) is 11.9. The zero-order chi connectivity index (χ0) is 15.2. The molecule has 3 N–H and O–H groups in total. The van der Waals surface area contributed by atoms with Crippen LogP contribution in [-0.2, 0) is 11.3 Å². The van der Waals surface area contributed by atoms with Crippen LogP contribution in [0.3, 0.4) is 0 Å². The first-order chi connectivity index (χ1) is 10.1. The van der Waals surface area contributed by atoms with Gasteiger partial charge in [-0.25, -0.2) is 0 Å². The Hall–Kier alpha value is -1.70. The van der Waals surface area contributed by atoms with Crippen molar-refractivity contribution in [3.05, 3.63) is 33.9 Å². The minimum Gasteiger partial charge on any atom is -0.398 e. The van der Waals surface area contributed by atoms with Crippen LogP contribution in [0.15, 0.2) is 18.2 Å². The van der Waals surface area contributed by atoms with Gasteiger partial charge in [0.15, 0.2) is 0 Å². The lowest BCUT2D eigenvalue weighted by molar-refractivity contribution is -0.384. The van der Waals surface area contributed by atoms with Gasteiger partial charge < -0.3 is 15.6 Å². The smallest absolute Gasteiger partial charge is 0.269 e. The zero-order valence-corrected chi connectivity index (χ0v) is 11.9. The van der Waals surface area contributed by atoms with Crippen LogP contribution in [0.2, 0.25) is 0 Å². The molecule has 0 bridgehead atoms. The van der Waals surface area contributed by atoms with E-state index in [1.165, 1.54) is 6.07 Å². The molecule has 0 unspecified atom stereocenters. The third-order valence-electron chi connectivity index (χ3n) is 3.71. The van der Waals surface area contributed by atoms with Gasteiger partial charge in [-0.1, -0.05) is 0 Å². The third-order valence-corrected chi connectivity index (χ3v) is 3.71. The van der Waals surface area contributed by atoms with Gasteiger partial charge in [-0.05, 0) is 24.5 Å². The van der Waals surface area contributed by atoms with Gasteiger partial charge in [-0.3, -0.25) is 15.0 Å². The first-order valence-corrected chi connectivity index (χ1v) is 7.07. The van der Waals surface area contributed by atoms with E-state index in [9.17, 15) is 10.1 Å². The predicted molar refractivity (Wildman–Crippen MR) is 78.8 cm³/mol. The Morgan fingerprint density at radius 3 is 2.76 bits per heavy atom. The van der Waals surface area contributed by atoms with Crippen molar-refractivity contribution in [2.45, 2.75) is 25.5 Å². The van der Waals surface area contributed by atoms with Gasteiger partial charge in [0, 0.05) is 37.5 Å². The van der Waals surface area contributed by atoms with E-state index in [0.29, 0.717) is 18.8 Å². The number of likely N-dealkylation sites (tertiary alicyclic amines) is 1. The van der Waals surface area contributed by atoms with Crippen LogP contribution < -0.4 is 5.73 Å². The van der Waals surface area contributed by atoms with Crippen LogP contribution in [0.1, 0.15) is 18.4 Å². The number of hydrogen-bond donors (Lipinski definition) is 2. The summed E-state index contributed by atoms with van der Waals surface area (Å²) in [7, 11) is 0. The lowest BCUT2D eigenvalue weighted by Crippen LogP contribution is -2.37. The normalized spacial score (nSPS) is 17.0. The van der Waals surface area contributed by atoms with E-state index in [2.05, 4.69) is 4.90 Å². The largest absolute Gasteiger partial charge is 0.398 e. The van der Waals surface area contributed by atoms with Crippen molar-refractivity contribution in [1.82, 2.24) is 4.90 Å². The minimum atomic E-state index is -0.405. The highest BCUT2D eigenvalue weighted by Crippen LogP contribution is 2.23. The Morgan fingerprint density at radius 2 is 2.14 bits per heavy atom. The highest BCUT2D eigenvalue weighted by Gasteiger charge is 2.20. The lowest BCUT2D eigenvalue weighted by Gasteiger charge is -2.32. The second-order valence-electron chi connectivity index (χ2n) is 5.21. The molecule has 1 aliphatic heterocycles. The van der Waals surface area contributed by atoms with Crippen molar-refractivity contribution in [1.29, 1.82) is 0 Å². The number of aliphatic hydroxyl groups is 1.